The molecule has 6 heteroatoms. The SMILES string of the molecule is COc1cc(/C=C/C(=O)N2CCCC(c3ccc(F)cc3)CC2)ccc1-n1cnc(C)c1. The molecule has 3 aromatic rings. The third kappa shape index (κ3) is 5.07. The third-order valence-corrected chi connectivity index (χ3v) is 5.99. The van der Waals surface area contributed by atoms with E-state index in [4.69, 9.17) is 4.74 Å². The number of hydrogen-bond donors (Lipinski definition) is 0. The predicted octanol–water partition coefficient (Wildman–Crippen LogP) is 5.14. The van der Waals surface area contributed by atoms with Crippen LogP contribution in [0.3, 0.4) is 0 Å². The molecule has 0 N–H and O–H groups in total. The molecule has 166 valence electrons. The van der Waals surface area contributed by atoms with Crippen molar-refractivity contribution >= 4 is 12.0 Å². The van der Waals surface area contributed by atoms with Crippen molar-refractivity contribution < 1.29 is 13.9 Å². The Morgan fingerprint density at radius 3 is 2.69 bits per heavy atom. The molecule has 1 fully saturated rings. The summed E-state index contributed by atoms with van der Waals surface area (Å²) in [4.78, 5) is 19.0. The van der Waals surface area contributed by atoms with Gasteiger partial charge in [0.1, 0.15) is 11.6 Å². The molecule has 1 unspecified atom stereocenters. The Bertz CT molecular complexity index is 1100. The number of halogens is 1. The van der Waals surface area contributed by atoms with Gasteiger partial charge in [0, 0.05) is 25.4 Å². The second kappa shape index (κ2) is 9.81. The monoisotopic (exact) mass is 433 g/mol. The van der Waals surface area contributed by atoms with Gasteiger partial charge in [0.05, 0.1) is 24.8 Å². The van der Waals surface area contributed by atoms with Crippen molar-refractivity contribution in [2.24, 2.45) is 0 Å². The number of likely N-dealkylation sites (tertiary alicyclic amines) is 1. The number of benzene rings is 2. The summed E-state index contributed by atoms with van der Waals surface area (Å²) >= 11 is 0. The first-order valence-electron chi connectivity index (χ1n) is 10.9. The molecule has 1 aliphatic rings. The minimum absolute atomic E-state index is 0.0121. The first kappa shape index (κ1) is 21.8. The van der Waals surface area contributed by atoms with E-state index in [1.165, 1.54) is 12.1 Å². The Labute approximate surface area is 188 Å². The highest BCUT2D eigenvalue weighted by molar-refractivity contribution is 5.92. The normalized spacial score (nSPS) is 16.8. The third-order valence-electron chi connectivity index (χ3n) is 5.99. The molecule has 0 spiro atoms. The van der Waals surface area contributed by atoms with Crippen molar-refractivity contribution in [3.63, 3.8) is 0 Å². The molecule has 0 saturated carbocycles. The molecule has 0 aliphatic carbocycles. The number of nitrogens with zero attached hydrogens (tertiary/aromatic N) is 3. The highest BCUT2D eigenvalue weighted by Crippen LogP contribution is 2.29. The second-order valence-electron chi connectivity index (χ2n) is 8.19. The van der Waals surface area contributed by atoms with Crippen molar-refractivity contribution in [1.82, 2.24) is 14.5 Å². The summed E-state index contributed by atoms with van der Waals surface area (Å²) in [7, 11) is 1.63. The van der Waals surface area contributed by atoms with Gasteiger partial charge < -0.3 is 14.2 Å². The zero-order valence-electron chi connectivity index (χ0n) is 18.5. The fraction of sp³-hybridized carbons (Fsp3) is 0.308. The van der Waals surface area contributed by atoms with Gasteiger partial charge in [-0.25, -0.2) is 9.37 Å². The molecule has 2 aromatic carbocycles. The Hall–Kier alpha value is -3.41. The van der Waals surface area contributed by atoms with Crippen LogP contribution in [0, 0.1) is 12.7 Å². The minimum Gasteiger partial charge on any atom is -0.495 e. The van der Waals surface area contributed by atoms with Crippen LogP contribution in [-0.2, 0) is 4.79 Å². The van der Waals surface area contributed by atoms with Crippen LogP contribution in [0.1, 0.15) is 42.0 Å². The number of aromatic nitrogens is 2. The maximum atomic E-state index is 13.2. The van der Waals surface area contributed by atoms with E-state index in [1.807, 2.05) is 59.0 Å². The molecular weight excluding hydrogens is 405 g/mol. The first-order valence-corrected chi connectivity index (χ1v) is 10.9. The number of methoxy groups -OCH3 is 1. The fourth-order valence-electron chi connectivity index (χ4n) is 4.22. The number of carbonyl (C=O) groups excluding carboxylic acids is 1. The number of rotatable bonds is 5. The molecule has 2 heterocycles. The Morgan fingerprint density at radius 2 is 1.97 bits per heavy atom. The van der Waals surface area contributed by atoms with E-state index in [0.29, 0.717) is 18.2 Å². The molecule has 0 bridgehead atoms. The van der Waals surface area contributed by atoms with Crippen LogP contribution >= 0.6 is 0 Å². The number of ether oxygens (including phenoxy) is 1. The molecule has 5 nitrogen and oxygen atoms in total. The summed E-state index contributed by atoms with van der Waals surface area (Å²) in [5.41, 5.74) is 3.88. The van der Waals surface area contributed by atoms with Crippen molar-refractivity contribution in [3.8, 4) is 11.4 Å². The standard InChI is InChI=1S/C26H28FN3O2/c1-19-17-30(18-28-19)24-11-5-20(16-25(24)32-2)6-12-26(31)29-14-3-4-21(13-15-29)22-7-9-23(27)10-8-22/h5-12,16-18,21H,3-4,13-15H2,1-2H3/b12-6+. The van der Waals surface area contributed by atoms with E-state index in [-0.39, 0.29) is 11.7 Å². The number of aryl methyl sites for hydroxylation is 1. The minimum atomic E-state index is -0.214. The summed E-state index contributed by atoms with van der Waals surface area (Å²) in [6.45, 7) is 3.38. The van der Waals surface area contributed by atoms with E-state index in [9.17, 15) is 9.18 Å². The zero-order chi connectivity index (χ0) is 22.5. The fourth-order valence-corrected chi connectivity index (χ4v) is 4.22. The lowest BCUT2D eigenvalue weighted by Gasteiger charge is -2.19. The summed E-state index contributed by atoms with van der Waals surface area (Å²) in [5.74, 6) is 0.877. The molecule has 32 heavy (non-hydrogen) atoms. The van der Waals surface area contributed by atoms with Crippen LogP contribution in [0.2, 0.25) is 0 Å². The molecule has 1 aliphatic heterocycles. The van der Waals surface area contributed by atoms with Gasteiger partial charge in [-0.15, -0.1) is 0 Å². The zero-order valence-corrected chi connectivity index (χ0v) is 18.5. The molecule has 1 amide bonds. The number of amides is 1. The predicted molar refractivity (Wildman–Crippen MR) is 123 cm³/mol. The van der Waals surface area contributed by atoms with Crippen molar-refractivity contribution in [2.45, 2.75) is 32.1 Å². The van der Waals surface area contributed by atoms with E-state index >= 15 is 0 Å². The van der Waals surface area contributed by atoms with Crippen LogP contribution in [-0.4, -0.2) is 40.6 Å². The Morgan fingerprint density at radius 1 is 1.16 bits per heavy atom. The highest BCUT2D eigenvalue weighted by Gasteiger charge is 2.20. The van der Waals surface area contributed by atoms with Gasteiger partial charge >= 0.3 is 0 Å². The Kier molecular flexibility index (Phi) is 6.69. The van der Waals surface area contributed by atoms with Crippen molar-refractivity contribution in [1.29, 1.82) is 0 Å². The van der Waals surface area contributed by atoms with Gasteiger partial charge in [0.25, 0.3) is 0 Å². The average molecular weight is 434 g/mol. The van der Waals surface area contributed by atoms with E-state index in [0.717, 1.165) is 48.3 Å². The summed E-state index contributed by atoms with van der Waals surface area (Å²) < 4.78 is 20.7. The first-order chi connectivity index (χ1) is 15.5. The molecule has 1 atom stereocenters. The smallest absolute Gasteiger partial charge is 0.246 e. The highest BCUT2D eigenvalue weighted by atomic mass is 19.1. The number of carbonyl (C=O) groups is 1. The quantitative estimate of drug-likeness (QED) is 0.524. The topological polar surface area (TPSA) is 47.4 Å². The van der Waals surface area contributed by atoms with Crippen LogP contribution in [0.25, 0.3) is 11.8 Å². The lowest BCUT2D eigenvalue weighted by molar-refractivity contribution is -0.125. The molecule has 1 saturated heterocycles. The molecule has 1 aromatic heterocycles. The van der Waals surface area contributed by atoms with E-state index in [2.05, 4.69) is 4.98 Å². The van der Waals surface area contributed by atoms with E-state index < -0.39 is 0 Å². The molecular formula is C26H28FN3O2. The Balaban J connectivity index is 1.41. The van der Waals surface area contributed by atoms with Crippen LogP contribution in [0.4, 0.5) is 4.39 Å². The molecule has 4 rings (SSSR count). The molecule has 0 radical (unpaired) electrons. The van der Waals surface area contributed by atoms with Crippen molar-refractivity contribution in [3.05, 3.63) is 83.7 Å². The summed E-state index contributed by atoms with van der Waals surface area (Å²) in [6.07, 6.45) is 9.99. The van der Waals surface area contributed by atoms with Gasteiger partial charge in [0.2, 0.25) is 5.91 Å². The number of imidazole rings is 1. The second-order valence-corrected chi connectivity index (χ2v) is 8.19. The number of hydrogen-bond acceptors (Lipinski definition) is 3. The maximum absolute atomic E-state index is 13.2. The van der Waals surface area contributed by atoms with Crippen LogP contribution < -0.4 is 4.74 Å². The average Bonchev–Trinajstić information content (AvgIpc) is 3.09. The van der Waals surface area contributed by atoms with Gasteiger partial charge in [-0.2, -0.15) is 0 Å². The lowest BCUT2D eigenvalue weighted by Crippen LogP contribution is -2.30. The van der Waals surface area contributed by atoms with Gasteiger partial charge in [-0.3, -0.25) is 4.79 Å². The lowest BCUT2D eigenvalue weighted by atomic mass is 9.92. The van der Waals surface area contributed by atoms with Gasteiger partial charge in [0.15, 0.2) is 0 Å². The summed E-state index contributed by atoms with van der Waals surface area (Å²) in [5, 5.41) is 0. The largest absolute Gasteiger partial charge is 0.495 e. The van der Waals surface area contributed by atoms with Gasteiger partial charge in [-0.05, 0) is 73.6 Å². The van der Waals surface area contributed by atoms with Crippen LogP contribution in [0.15, 0.2) is 61.1 Å². The maximum Gasteiger partial charge on any atom is 0.246 e. The van der Waals surface area contributed by atoms with E-state index in [1.54, 1.807) is 19.5 Å². The van der Waals surface area contributed by atoms with Gasteiger partial charge in [-0.1, -0.05) is 18.2 Å². The van der Waals surface area contributed by atoms with Crippen LogP contribution in [0.5, 0.6) is 5.75 Å². The summed E-state index contributed by atoms with van der Waals surface area (Å²) in [6, 6.07) is 12.6. The van der Waals surface area contributed by atoms with Crippen molar-refractivity contribution in [2.75, 3.05) is 20.2 Å².